The number of piperidine rings is 1. The molecule has 1 aliphatic heterocycles. The molecule has 1 saturated heterocycles. The van der Waals surface area contributed by atoms with Crippen LogP contribution in [0.5, 0.6) is 0 Å². The van der Waals surface area contributed by atoms with Gasteiger partial charge in [-0.15, -0.1) is 10.2 Å². The minimum Gasteiger partial charge on any atom is -0.333 e. The Bertz CT molecular complexity index is 591. The lowest BCUT2D eigenvalue weighted by Gasteiger charge is -2.31. The van der Waals surface area contributed by atoms with Crippen LogP contribution in [0.2, 0.25) is 0 Å². The highest BCUT2D eigenvalue weighted by molar-refractivity contribution is 5.02. The van der Waals surface area contributed by atoms with Gasteiger partial charge in [-0.2, -0.15) is 0 Å². The highest BCUT2D eigenvalue weighted by Gasteiger charge is 2.24. The first-order valence-electron chi connectivity index (χ1n) is 8.18. The molecule has 0 unspecified atom stereocenters. The highest BCUT2D eigenvalue weighted by Crippen LogP contribution is 2.26. The van der Waals surface area contributed by atoms with Crippen molar-refractivity contribution in [1.82, 2.24) is 29.2 Å². The molecular formula is C16H26N6. The van der Waals surface area contributed by atoms with Crippen molar-refractivity contribution in [3.63, 3.8) is 0 Å². The normalized spacial score (nSPS) is 17.5. The topological polar surface area (TPSA) is 51.8 Å². The van der Waals surface area contributed by atoms with Crippen molar-refractivity contribution in [2.75, 3.05) is 13.1 Å². The molecule has 0 aromatic carbocycles. The van der Waals surface area contributed by atoms with Gasteiger partial charge in [-0.25, -0.2) is 4.98 Å². The SMILES string of the molecule is CC(C)Cn1cncc1CN1CCC(c2nncn2C)CC1. The first-order chi connectivity index (χ1) is 10.6. The van der Waals surface area contributed by atoms with Gasteiger partial charge in [0.25, 0.3) is 0 Å². The summed E-state index contributed by atoms with van der Waals surface area (Å²) < 4.78 is 4.34. The van der Waals surface area contributed by atoms with E-state index in [2.05, 4.69) is 43.1 Å². The zero-order valence-corrected chi connectivity index (χ0v) is 13.8. The van der Waals surface area contributed by atoms with Crippen LogP contribution in [0.3, 0.4) is 0 Å². The van der Waals surface area contributed by atoms with Gasteiger partial charge in [0.05, 0.1) is 12.0 Å². The third-order valence-electron chi connectivity index (χ3n) is 4.45. The Labute approximate surface area is 132 Å². The molecule has 6 heteroatoms. The van der Waals surface area contributed by atoms with E-state index in [1.807, 2.05) is 19.6 Å². The van der Waals surface area contributed by atoms with E-state index < -0.39 is 0 Å². The average molecular weight is 302 g/mol. The van der Waals surface area contributed by atoms with Crippen LogP contribution >= 0.6 is 0 Å². The predicted molar refractivity (Wildman–Crippen MR) is 85.3 cm³/mol. The molecule has 1 aliphatic rings. The van der Waals surface area contributed by atoms with Crippen molar-refractivity contribution < 1.29 is 0 Å². The quantitative estimate of drug-likeness (QED) is 0.848. The van der Waals surface area contributed by atoms with Crippen LogP contribution in [-0.2, 0) is 20.1 Å². The van der Waals surface area contributed by atoms with Crippen LogP contribution in [0.4, 0.5) is 0 Å². The lowest BCUT2D eigenvalue weighted by Crippen LogP contribution is -2.33. The number of rotatable bonds is 5. The zero-order valence-electron chi connectivity index (χ0n) is 13.8. The smallest absolute Gasteiger partial charge is 0.135 e. The summed E-state index contributed by atoms with van der Waals surface area (Å²) in [6.07, 6.45) is 8.08. The summed E-state index contributed by atoms with van der Waals surface area (Å²) in [5, 5.41) is 8.27. The molecule has 0 amide bonds. The number of aryl methyl sites for hydroxylation is 1. The van der Waals surface area contributed by atoms with Gasteiger partial charge < -0.3 is 9.13 Å². The van der Waals surface area contributed by atoms with Gasteiger partial charge in [-0.05, 0) is 31.8 Å². The van der Waals surface area contributed by atoms with Crippen molar-refractivity contribution in [3.05, 3.63) is 30.4 Å². The number of nitrogens with zero attached hydrogens (tertiary/aromatic N) is 6. The maximum Gasteiger partial charge on any atom is 0.135 e. The third-order valence-corrected chi connectivity index (χ3v) is 4.45. The monoisotopic (exact) mass is 302 g/mol. The van der Waals surface area contributed by atoms with Crippen LogP contribution in [0.25, 0.3) is 0 Å². The van der Waals surface area contributed by atoms with E-state index in [0.717, 1.165) is 44.8 Å². The molecule has 0 bridgehead atoms. The Morgan fingerprint density at radius 2 is 2.00 bits per heavy atom. The first-order valence-corrected chi connectivity index (χ1v) is 8.18. The van der Waals surface area contributed by atoms with Crippen LogP contribution < -0.4 is 0 Å². The Morgan fingerprint density at radius 1 is 1.23 bits per heavy atom. The van der Waals surface area contributed by atoms with Gasteiger partial charge in [0.2, 0.25) is 0 Å². The van der Waals surface area contributed by atoms with E-state index in [-0.39, 0.29) is 0 Å². The van der Waals surface area contributed by atoms with Crippen LogP contribution in [-0.4, -0.2) is 42.3 Å². The van der Waals surface area contributed by atoms with E-state index in [1.165, 1.54) is 5.69 Å². The largest absolute Gasteiger partial charge is 0.333 e. The summed E-state index contributed by atoms with van der Waals surface area (Å²) >= 11 is 0. The maximum absolute atomic E-state index is 4.32. The second kappa shape index (κ2) is 6.60. The fourth-order valence-corrected chi connectivity index (χ4v) is 3.28. The van der Waals surface area contributed by atoms with Crippen LogP contribution in [0.15, 0.2) is 18.9 Å². The zero-order chi connectivity index (χ0) is 15.5. The molecule has 2 aromatic rings. The molecule has 0 aliphatic carbocycles. The molecule has 0 spiro atoms. The molecule has 6 nitrogen and oxygen atoms in total. The first kappa shape index (κ1) is 15.2. The van der Waals surface area contributed by atoms with Crippen molar-refractivity contribution in [3.8, 4) is 0 Å². The Balaban J connectivity index is 1.56. The maximum atomic E-state index is 4.32. The van der Waals surface area contributed by atoms with E-state index in [4.69, 9.17) is 0 Å². The van der Waals surface area contributed by atoms with Gasteiger partial charge in [-0.1, -0.05) is 13.8 Å². The van der Waals surface area contributed by atoms with Gasteiger partial charge in [0.1, 0.15) is 12.2 Å². The fourth-order valence-electron chi connectivity index (χ4n) is 3.28. The highest BCUT2D eigenvalue weighted by atomic mass is 15.3. The minimum absolute atomic E-state index is 0.546. The molecule has 1 fully saturated rings. The van der Waals surface area contributed by atoms with Crippen molar-refractivity contribution in [2.24, 2.45) is 13.0 Å². The molecule has 0 N–H and O–H groups in total. The van der Waals surface area contributed by atoms with Crippen LogP contribution in [0, 0.1) is 5.92 Å². The van der Waals surface area contributed by atoms with Crippen LogP contribution in [0.1, 0.15) is 44.1 Å². The molecular weight excluding hydrogens is 276 g/mol. The Morgan fingerprint density at radius 3 is 2.64 bits per heavy atom. The third kappa shape index (κ3) is 3.38. The predicted octanol–water partition coefficient (Wildman–Crippen LogP) is 2.05. The van der Waals surface area contributed by atoms with Gasteiger partial charge >= 0.3 is 0 Å². The van der Waals surface area contributed by atoms with Gasteiger partial charge in [-0.3, -0.25) is 4.90 Å². The summed E-state index contributed by atoms with van der Waals surface area (Å²) in [7, 11) is 2.03. The van der Waals surface area contributed by atoms with Crippen molar-refractivity contribution in [2.45, 2.75) is 45.7 Å². The fraction of sp³-hybridized carbons (Fsp3) is 0.688. The van der Waals surface area contributed by atoms with Crippen molar-refractivity contribution >= 4 is 0 Å². The van der Waals surface area contributed by atoms with E-state index in [9.17, 15) is 0 Å². The average Bonchev–Trinajstić information content (AvgIpc) is 3.09. The molecule has 0 radical (unpaired) electrons. The van der Waals surface area contributed by atoms with Gasteiger partial charge in [0, 0.05) is 32.3 Å². The number of aromatic nitrogens is 5. The molecule has 0 saturated carbocycles. The number of likely N-dealkylation sites (tertiary alicyclic amines) is 1. The second-order valence-corrected chi connectivity index (χ2v) is 6.78. The Hall–Kier alpha value is -1.69. The lowest BCUT2D eigenvalue weighted by atomic mass is 9.96. The molecule has 3 rings (SSSR count). The van der Waals surface area contributed by atoms with E-state index in [0.29, 0.717) is 11.8 Å². The Kier molecular flexibility index (Phi) is 4.57. The summed E-state index contributed by atoms with van der Waals surface area (Å²) in [5.74, 6) is 2.32. The number of hydrogen-bond acceptors (Lipinski definition) is 4. The standard InChI is InChI=1S/C16H26N6/c1-13(2)9-22-11-17-8-15(22)10-21-6-4-14(5-7-21)16-19-18-12-20(16)3/h8,11-14H,4-7,9-10H2,1-3H3. The molecule has 2 aromatic heterocycles. The number of imidazole rings is 1. The molecule has 3 heterocycles. The van der Waals surface area contributed by atoms with E-state index in [1.54, 1.807) is 6.33 Å². The molecule has 0 atom stereocenters. The summed E-state index contributed by atoms with van der Waals surface area (Å²) in [5.41, 5.74) is 1.32. The minimum atomic E-state index is 0.546. The summed E-state index contributed by atoms with van der Waals surface area (Å²) in [6, 6.07) is 0. The van der Waals surface area contributed by atoms with E-state index >= 15 is 0 Å². The lowest BCUT2D eigenvalue weighted by molar-refractivity contribution is 0.195. The number of hydrogen-bond donors (Lipinski definition) is 0. The van der Waals surface area contributed by atoms with Gasteiger partial charge in [0.15, 0.2) is 0 Å². The summed E-state index contributed by atoms with van der Waals surface area (Å²) in [6.45, 7) is 8.77. The van der Waals surface area contributed by atoms with Crippen molar-refractivity contribution in [1.29, 1.82) is 0 Å². The summed E-state index contributed by atoms with van der Waals surface area (Å²) in [4.78, 5) is 6.85. The second-order valence-electron chi connectivity index (χ2n) is 6.78. The molecule has 22 heavy (non-hydrogen) atoms. The molecule has 120 valence electrons.